The zero-order chi connectivity index (χ0) is 18.5. The van der Waals surface area contributed by atoms with Crippen molar-refractivity contribution in [3.63, 3.8) is 0 Å². The second-order valence-corrected chi connectivity index (χ2v) is 7.57. The minimum absolute atomic E-state index is 0.246. The zero-order valence-corrected chi connectivity index (χ0v) is 15.8. The smallest absolute Gasteiger partial charge is 0.277 e. The molecule has 0 unspecified atom stereocenters. The lowest BCUT2D eigenvalue weighted by atomic mass is 10.2. The minimum atomic E-state index is -0.246. The maximum Gasteiger partial charge on any atom is 0.277 e. The van der Waals surface area contributed by atoms with E-state index in [4.69, 9.17) is 9.15 Å². The molecule has 0 fully saturated rings. The number of halogens is 1. The summed E-state index contributed by atoms with van der Waals surface area (Å²) in [6.45, 7) is 0.405. The number of thioether (sulfide) groups is 1. The lowest BCUT2D eigenvalue weighted by Crippen LogP contribution is -1.95. The molecule has 0 saturated carbocycles. The molecule has 2 aromatic carbocycles. The Kier molecular flexibility index (Phi) is 5.50. The van der Waals surface area contributed by atoms with Crippen LogP contribution < -0.4 is 4.74 Å². The van der Waals surface area contributed by atoms with E-state index < -0.39 is 0 Å². The van der Waals surface area contributed by atoms with Gasteiger partial charge in [0.25, 0.3) is 11.1 Å². The van der Waals surface area contributed by atoms with Crippen LogP contribution in [0, 0.1) is 5.82 Å². The Bertz CT molecular complexity index is 984. The van der Waals surface area contributed by atoms with Crippen LogP contribution in [0.5, 0.6) is 5.75 Å². The van der Waals surface area contributed by atoms with Crippen LogP contribution in [0.15, 0.2) is 75.7 Å². The predicted molar refractivity (Wildman–Crippen MR) is 104 cm³/mol. The number of ether oxygens (including phenoxy) is 1. The second-order valence-electron chi connectivity index (χ2n) is 5.70. The molecule has 2 heterocycles. The molecule has 0 aliphatic rings. The van der Waals surface area contributed by atoms with Gasteiger partial charge in [0, 0.05) is 5.75 Å². The van der Waals surface area contributed by atoms with E-state index in [0.29, 0.717) is 17.7 Å². The Morgan fingerprint density at radius 1 is 0.963 bits per heavy atom. The van der Waals surface area contributed by atoms with Crippen LogP contribution in [0.25, 0.3) is 10.8 Å². The Balaban J connectivity index is 1.29. The van der Waals surface area contributed by atoms with Gasteiger partial charge in [0.05, 0.1) is 4.88 Å². The molecular formula is C20H15FN2O2S2. The van der Waals surface area contributed by atoms with Crippen molar-refractivity contribution in [3.8, 4) is 16.5 Å². The summed E-state index contributed by atoms with van der Waals surface area (Å²) < 4.78 is 24.3. The molecular weight excluding hydrogens is 383 g/mol. The molecule has 136 valence electrons. The van der Waals surface area contributed by atoms with Crippen molar-refractivity contribution in [2.75, 3.05) is 0 Å². The number of rotatable bonds is 7. The van der Waals surface area contributed by atoms with E-state index in [9.17, 15) is 4.39 Å². The number of benzene rings is 2. The molecule has 2 aromatic heterocycles. The van der Waals surface area contributed by atoms with Gasteiger partial charge < -0.3 is 9.15 Å². The van der Waals surface area contributed by atoms with Gasteiger partial charge >= 0.3 is 0 Å². The molecule has 0 N–H and O–H groups in total. The largest absolute Gasteiger partial charge is 0.489 e. The highest BCUT2D eigenvalue weighted by Crippen LogP contribution is 2.28. The first-order chi connectivity index (χ1) is 13.3. The fraction of sp³-hybridized carbons (Fsp3) is 0.100. The van der Waals surface area contributed by atoms with Crippen LogP contribution in [-0.2, 0) is 12.4 Å². The third-order valence-corrected chi connectivity index (χ3v) is 5.49. The lowest BCUT2D eigenvalue weighted by molar-refractivity contribution is 0.306. The Morgan fingerprint density at radius 2 is 1.74 bits per heavy atom. The minimum Gasteiger partial charge on any atom is -0.489 e. The molecule has 0 aliphatic carbocycles. The van der Waals surface area contributed by atoms with Gasteiger partial charge in [0.15, 0.2) is 0 Å². The fourth-order valence-electron chi connectivity index (χ4n) is 2.34. The van der Waals surface area contributed by atoms with E-state index >= 15 is 0 Å². The molecule has 4 aromatic rings. The van der Waals surface area contributed by atoms with Crippen molar-refractivity contribution in [1.82, 2.24) is 10.2 Å². The van der Waals surface area contributed by atoms with E-state index in [1.54, 1.807) is 23.5 Å². The number of hydrogen-bond donors (Lipinski definition) is 0. The van der Waals surface area contributed by atoms with Gasteiger partial charge in [0.1, 0.15) is 18.2 Å². The average molecular weight is 398 g/mol. The molecule has 0 saturated heterocycles. The lowest BCUT2D eigenvalue weighted by Gasteiger charge is -2.07. The number of nitrogens with zero attached hydrogens (tertiary/aromatic N) is 2. The molecule has 27 heavy (non-hydrogen) atoms. The molecule has 0 bridgehead atoms. The Morgan fingerprint density at radius 3 is 2.48 bits per heavy atom. The van der Waals surface area contributed by atoms with Gasteiger partial charge in [-0.2, -0.15) is 0 Å². The summed E-state index contributed by atoms with van der Waals surface area (Å²) >= 11 is 3.07. The van der Waals surface area contributed by atoms with E-state index in [0.717, 1.165) is 27.5 Å². The van der Waals surface area contributed by atoms with E-state index in [-0.39, 0.29) is 5.82 Å². The Hall–Kier alpha value is -2.64. The highest BCUT2D eigenvalue weighted by Gasteiger charge is 2.10. The number of thiophene rings is 1. The van der Waals surface area contributed by atoms with Gasteiger partial charge in [0.2, 0.25) is 0 Å². The molecule has 0 radical (unpaired) electrons. The summed E-state index contributed by atoms with van der Waals surface area (Å²) in [5, 5.41) is 10.7. The van der Waals surface area contributed by atoms with Gasteiger partial charge in [-0.25, -0.2) is 4.39 Å². The molecule has 0 amide bonds. The van der Waals surface area contributed by atoms with Gasteiger partial charge in [-0.1, -0.05) is 42.1 Å². The molecule has 4 nitrogen and oxygen atoms in total. The van der Waals surface area contributed by atoms with Crippen LogP contribution >= 0.6 is 23.1 Å². The third kappa shape index (κ3) is 4.75. The average Bonchev–Trinajstić information content (AvgIpc) is 3.38. The van der Waals surface area contributed by atoms with E-state index in [1.807, 2.05) is 41.8 Å². The number of hydrogen-bond acceptors (Lipinski definition) is 6. The van der Waals surface area contributed by atoms with Crippen LogP contribution in [0.4, 0.5) is 4.39 Å². The monoisotopic (exact) mass is 398 g/mol. The second kappa shape index (κ2) is 8.37. The number of aromatic nitrogens is 2. The summed E-state index contributed by atoms with van der Waals surface area (Å²) in [5.74, 6) is 1.80. The highest BCUT2D eigenvalue weighted by atomic mass is 32.2. The molecule has 0 atom stereocenters. The SMILES string of the molecule is Fc1ccc(COc2ccc(CSc3nnc(-c4cccs4)o3)cc2)cc1. The third-order valence-electron chi connectivity index (χ3n) is 3.74. The van der Waals surface area contributed by atoms with E-state index in [2.05, 4.69) is 10.2 Å². The highest BCUT2D eigenvalue weighted by molar-refractivity contribution is 7.98. The van der Waals surface area contributed by atoms with E-state index in [1.165, 1.54) is 23.9 Å². The van der Waals surface area contributed by atoms with Crippen molar-refractivity contribution in [2.24, 2.45) is 0 Å². The summed E-state index contributed by atoms with van der Waals surface area (Å²) in [6, 6.07) is 18.1. The molecule has 0 spiro atoms. The Labute approximate surface area is 164 Å². The predicted octanol–water partition coefficient (Wildman–Crippen LogP) is 5.81. The maximum absolute atomic E-state index is 12.9. The normalized spacial score (nSPS) is 10.9. The molecule has 0 aliphatic heterocycles. The van der Waals surface area contributed by atoms with Crippen molar-refractivity contribution in [2.45, 2.75) is 17.6 Å². The van der Waals surface area contributed by atoms with Gasteiger partial charge in [-0.05, 0) is 46.8 Å². The quantitative estimate of drug-likeness (QED) is 0.368. The van der Waals surface area contributed by atoms with Crippen molar-refractivity contribution in [1.29, 1.82) is 0 Å². The standard InChI is InChI=1S/C20H15FN2O2S2/c21-16-7-3-14(4-8-16)12-24-17-9-5-15(6-10-17)13-27-20-23-22-19(25-20)18-2-1-11-26-18/h1-11H,12-13H2. The summed E-state index contributed by atoms with van der Waals surface area (Å²) in [7, 11) is 0. The van der Waals surface area contributed by atoms with Crippen LogP contribution in [-0.4, -0.2) is 10.2 Å². The van der Waals surface area contributed by atoms with Gasteiger partial charge in [-0.3, -0.25) is 0 Å². The topological polar surface area (TPSA) is 48.2 Å². The maximum atomic E-state index is 12.9. The summed E-state index contributed by atoms with van der Waals surface area (Å²) in [6.07, 6.45) is 0. The van der Waals surface area contributed by atoms with Crippen LogP contribution in [0.1, 0.15) is 11.1 Å². The summed E-state index contributed by atoms with van der Waals surface area (Å²) in [4.78, 5) is 0.969. The van der Waals surface area contributed by atoms with Crippen LogP contribution in [0.2, 0.25) is 0 Å². The first-order valence-electron chi connectivity index (χ1n) is 8.23. The van der Waals surface area contributed by atoms with Crippen molar-refractivity contribution < 1.29 is 13.5 Å². The zero-order valence-electron chi connectivity index (χ0n) is 14.2. The summed E-state index contributed by atoms with van der Waals surface area (Å²) in [5.41, 5.74) is 2.05. The first kappa shape index (κ1) is 17.8. The van der Waals surface area contributed by atoms with Crippen LogP contribution in [0.3, 0.4) is 0 Å². The van der Waals surface area contributed by atoms with Gasteiger partial charge in [-0.15, -0.1) is 21.5 Å². The molecule has 4 rings (SSSR count). The first-order valence-corrected chi connectivity index (χ1v) is 10.1. The van der Waals surface area contributed by atoms with Crippen molar-refractivity contribution in [3.05, 3.63) is 83.0 Å². The fourth-order valence-corrected chi connectivity index (χ4v) is 3.71. The molecule has 7 heteroatoms. The van der Waals surface area contributed by atoms with Crippen molar-refractivity contribution >= 4 is 23.1 Å².